The summed E-state index contributed by atoms with van der Waals surface area (Å²) in [4.78, 5) is 12.9. The molecule has 1 aromatic heterocycles. The van der Waals surface area contributed by atoms with Gasteiger partial charge in [-0.2, -0.15) is 0 Å². The molecule has 0 saturated carbocycles. The van der Waals surface area contributed by atoms with Crippen molar-refractivity contribution in [2.75, 3.05) is 11.9 Å². The Morgan fingerprint density at radius 2 is 2.10 bits per heavy atom. The number of thiophene rings is 1. The van der Waals surface area contributed by atoms with Crippen LogP contribution in [0.3, 0.4) is 0 Å². The van der Waals surface area contributed by atoms with E-state index in [1.54, 1.807) is 12.1 Å². The fraction of sp³-hybridized carbons (Fsp3) is 0.133. The Hall–Kier alpha value is -2.23. The number of anilines is 1. The smallest absolute Gasteiger partial charge is 0.265 e. The lowest BCUT2D eigenvalue weighted by Gasteiger charge is -2.04. The Morgan fingerprint density at radius 3 is 2.86 bits per heavy atom. The number of halogens is 2. The van der Waals surface area contributed by atoms with Crippen LogP contribution in [-0.4, -0.2) is 17.6 Å². The number of carbonyl (C=O) groups excluding carboxylic acids is 1. The van der Waals surface area contributed by atoms with Gasteiger partial charge in [-0.25, -0.2) is 8.78 Å². The first-order valence-corrected chi connectivity index (χ1v) is 6.88. The Bertz CT molecular complexity index is 716. The molecule has 0 aliphatic rings. The lowest BCUT2D eigenvalue weighted by molar-refractivity contribution is 0.103. The first kappa shape index (κ1) is 15.2. The quantitative estimate of drug-likeness (QED) is 0.856. The van der Waals surface area contributed by atoms with Gasteiger partial charge in [0.1, 0.15) is 11.6 Å². The van der Waals surface area contributed by atoms with Crippen molar-refractivity contribution >= 4 is 22.9 Å². The zero-order chi connectivity index (χ0) is 15.2. The molecule has 108 valence electrons. The van der Waals surface area contributed by atoms with Gasteiger partial charge in [0, 0.05) is 12.5 Å². The van der Waals surface area contributed by atoms with Crippen LogP contribution in [0.25, 0.3) is 0 Å². The van der Waals surface area contributed by atoms with Crippen molar-refractivity contribution in [1.29, 1.82) is 0 Å². The van der Waals surface area contributed by atoms with Crippen LogP contribution in [0.4, 0.5) is 14.5 Å². The summed E-state index contributed by atoms with van der Waals surface area (Å²) in [6.07, 6.45) is 0.355. The molecule has 21 heavy (non-hydrogen) atoms. The van der Waals surface area contributed by atoms with Crippen molar-refractivity contribution in [3.63, 3.8) is 0 Å². The van der Waals surface area contributed by atoms with Crippen molar-refractivity contribution in [3.05, 3.63) is 51.7 Å². The SMILES string of the molecule is O=C(Nc1cc(F)ccc1F)c1ccc(C#CCCO)s1. The monoisotopic (exact) mass is 307 g/mol. The first-order chi connectivity index (χ1) is 10.1. The molecule has 0 radical (unpaired) electrons. The third kappa shape index (κ3) is 4.12. The number of rotatable bonds is 3. The van der Waals surface area contributed by atoms with Crippen LogP contribution in [-0.2, 0) is 0 Å². The van der Waals surface area contributed by atoms with Crippen molar-refractivity contribution in [2.24, 2.45) is 0 Å². The molecule has 0 spiro atoms. The Kier molecular flexibility index (Phi) is 5.04. The summed E-state index contributed by atoms with van der Waals surface area (Å²) in [5.41, 5.74) is -0.207. The number of carbonyl (C=O) groups is 1. The number of nitrogens with one attached hydrogen (secondary N) is 1. The predicted molar refractivity (Wildman–Crippen MR) is 77.2 cm³/mol. The van der Waals surface area contributed by atoms with Gasteiger partial charge in [0.05, 0.1) is 22.0 Å². The van der Waals surface area contributed by atoms with Crippen LogP contribution < -0.4 is 5.32 Å². The number of hydrogen-bond acceptors (Lipinski definition) is 3. The molecule has 1 aromatic carbocycles. The molecule has 3 nitrogen and oxygen atoms in total. The minimum atomic E-state index is -0.704. The van der Waals surface area contributed by atoms with Gasteiger partial charge in [-0.15, -0.1) is 11.3 Å². The minimum Gasteiger partial charge on any atom is -0.395 e. The van der Waals surface area contributed by atoms with E-state index in [1.165, 1.54) is 0 Å². The molecule has 0 saturated heterocycles. The normalized spacial score (nSPS) is 9.86. The molecule has 0 aliphatic heterocycles. The van der Waals surface area contributed by atoms with Crippen molar-refractivity contribution in [2.45, 2.75) is 6.42 Å². The van der Waals surface area contributed by atoms with E-state index < -0.39 is 17.5 Å². The summed E-state index contributed by atoms with van der Waals surface area (Å²) in [5, 5.41) is 10.9. The van der Waals surface area contributed by atoms with Gasteiger partial charge in [0.15, 0.2) is 0 Å². The lowest BCUT2D eigenvalue weighted by atomic mass is 10.3. The molecule has 6 heteroatoms. The summed E-state index contributed by atoms with van der Waals surface area (Å²) in [5.74, 6) is 3.68. The standard InChI is InChI=1S/C15H11F2NO2S/c16-10-4-6-12(17)13(9-10)18-15(20)14-7-5-11(21-14)3-1-2-8-19/h4-7,9,19H,2,8H2,(H,18,20). The highest BCUT2D eigenvalue weighted by atomic mass is 32.1. The molecule has 1 amide bonds. The maximum absolute atomic E-state index is 13.4. The topological polar surface area (TPSA) is 49.3 Å². The summed E-state index contributed by atoms with van der Waals surface area (Å²) < 4.78 is 26.5. The molecule has 0 atom stereocenters. The van der Waals surface area contributed by atoms with Crippen molar-refractivity contribution in [3.8, 4) is 11.8 Å². The molecule has 1 heterocycles. The van der Waals surface area contributed by atoms with Crippen LogP contribution in [0.15, 0.2) is 30.3 Å². The molecule has 0 fully saturated rings. The Labute approximate surface area is 124 Å². The number of amides is 1. The van der Waals surface area contributed by atoms with Gasteiger partial charge < -0.3 is 10.4 Å². The van der Waals surface area contributed by atoms with Gasteiger partial charge >= 0.3 is 0 Å². The minimum absolute atomic E-state index is 0.0232. The van der Waals surface area contributed by atoms with E-state index in [0.717, 1.165) is 29.5 Å². The fourth-order valence-electron chi connectivity index (χ4n) is 1.51. The second-order valence-corrected chi connectivity index (χ2v) is 5.10. The van der Waals surface area contributed by atoms with Crippen LogP contribution in [0, 0.1) is 23.5 Å². The van der Waals surface area contributed by atoms with E-state index in [1.807, 2.05) is 0 Å². The molecule has 0 aliphatic carbocycles. The van der Waals surface area contributed by atoms with Crippen LogP contribution in [0.1, 0.15) is 21.0 Å². The van der Waals surface area contributed by atoms with E-state index in [2.05, 4.69) is 17.2 Å². The molecule has 0 bridgehead atoms. The molecule has 0 unspecified atom stereocenters. The number of aliphatic hydroxyl groups excluding tert-OH is 1. The summed E-state index contributed by atoms with van der Waals surface area (Å²) in [6, 6.07) is 6.06. The van der Waals surface area contributed by atoms with Gasteiger partial charge in [-0.1, -0.05) is 11.8 Å². The predicted octanol–water partition coefficient (Wildman–Crippen LogP) is 3.01. The first-order valence-electron chi connectivity index (χ1n) is 6.06. The van der Waals surface area contributed by atoms with Gasteiger partial charge in [0.2, 0.25) is 0 Å². The van der Waals surface area contributed by atoms with Crippen LogP contribution in [0.2, 0.25) is 0 Å². The highest BCUT2D eigenvalue weighted by Gasteiger charge is 2.12. The highest BCUT2D eigenvalue weighted by molar-refractivity contribution is 7.14. The van der Waals surface area contributed by atoms with E-state index in [9.17, 15) is 13.6 Å². The van der Waals surface area contributed by atoms with Crippen molar-refractivity contribution < 1.29 is 18.7 Å². The highest BCUT2D eigenvalue weighted by Crippen LogP contribution is 2.20. The van der Waals surface area contributed by atoms with E-state index in [4.69, 9.17) is 5.11 Å². The van der Waals surface area contributed by atoms with E-state index >= 15 is 0 Å². The van der Waals surface area contributed by atoms with Gasteiger partial charge in [-0.05, 0) is 24.3 Å². The number of aliphatic hydroxyl groups is 1. The summed E-state index contributed by atoms with van der Waals surface area (Å²) >= 11 is 1.14. The number of hydrogen-bond donors (Lipinski definition) is 2. The zero-order valence-electron chi connectivity index (χ0n) is 10.8. The largest absolute Gasteiger partial charge is 0.395 e. The molecule has 2 N–H and O–H groups in total. The fourth-order valence-corrected chi connectivity index (χ4v) is 2.29. The second kappa shape index (κ2) is 6.97. The lowest BCUT2D eigenvalue weighted by Crippen LogP contribution is -2.11. The maximum atomic E-state index is 13.4. The Morgan fingerprint density at radius 1 is 1.29 bits per heavy atom. The average Bonchev–Trinajstić information content (AvgIpc) is 2.92. The third-order valence-electron chi connectivity index (χ3n) is 2.45. The zero-order valence-corrected chi connectivity index (χ0v) is 11.6. The number of benzene rings is 1. The molecule has 2 rings (SSSR count). The van der Waals surface area contributed by atoms with E-state index in [-0.39, 0.29) is 12.3 Å². The third-order valence-corrected chi connectivity index (χ3v) is 3.45. The summed E-state index contributed by atoms with van der Waals surface area (Å²) in [6.45, 7) is -0.0232. The van der Waals surface area contributed by atoms with Gasteiger partial charge in [-0.3, -0.25) is 4.79 Å². The molecule has 2 aromatic rings. The van der Waals surface area contributed by atoms with Crippen molar-refractivity contribution in [1.82, 2.24) is 0 Å². The Balaban J connectivity index is 2.11. The molecular weight excluding hydrogens is 296 g/mol. The van der Waals surface area contributed by atoms with Crippen LogP contribution in [0.5, 0.6) is 0 Å². The molecular formula is C15H11F2NO2S. The second-order valence-electron chi connectivity index (χ2n) is 4.02. The van der Waals surface area contributed by atoms with Gasteiger partial charge in [0.25, 0.3) is 5.91 Å². The van der Waals surface area contributed by atoms with E-state index in [0.29, 0.717) is 16.2 Å². The summed E-state index contributed by atoms with van der Waals surface area (Å²) in [7, 11) is 0. The average molecular weight is 307 g/mol. The maximum Gasteiger partial charge on any atom is 0.265 e. The van der Waals surface area contributed by atoms with Crippen LogP contribution >= 0.6 is 11.3 Å².